The highest BCUT2D eigenvalue weighted by Gasteiger charge is 2.24. The Morgan fingerprint density at radius 3 is 2.42 bits per heavy atom. The van der Waals surface area contributed by atoms with Gasteiger partial charge in [-0.15, -0.1) is 0 Å². The van der Waals surface area contributed by atoms with E-state index in [1.165, 1.54) is 16.7 Å². The largest absolute Gasteiger partial charge is 0.493 e. The van der Waals surface area contributed by atoms with Crippen molar-refractivity contribution in [2.75, 3.05) is 33.3 Å². The van der Waals surface area contributed by atoms with Crippen molar-refractivity contribution in [1.82, 2.24) is 10.2 Å². The van der Waals surface area contributed by atoms with E-state index in [2.05, 4.69) is 65.7 Å². The van der Waals surface area contributed by atoms with Gasteiger partial charge in [-0.05, 0) is 48.7 Å². The van der Waals surface area contributed by atoms with E-state index in [9.17, 15) is 0 Å². The Balaban J connectivity index is 1.63. The van der Waals surface area contributed by atoms with Crippen LogP contribution in [0.3, 0.4) is 0 Å². The summed E-state index contributed by atoms with van der Waals surface area (Å²) in [5, 5.41) is 3.52. The van der Waals surface area contributed by atoms with Gasteiger partial charge in [0.25, 0.3) is 0 Å². The maximum atomic E-state index is 6.09. The zero-order valence-corrected chi connectivity index (χ0v) is 18.5. The van der Waals surface area contributed by atoms with Gasteiger partial charge in [-0.25, -0.2) is 0 Å². The summed E-state index contributed by atoms with van der Waals surface area (Å²) in [5.74, 6) is 1.55. The summed E-state index contributed by atoms with van der Waals surface area (Å²) < 4.78 is 11.8. The standard InChI is InChI=1S/C27H32N2O2/c1-21-9-11-23(12-10-21)27(29-17-6-15-28-16-18-29)24-13-14-25(26(19-24)30-2)31-20-22-7-4-3-5-8-22/h3-5,7-14,19,27-28H,6,15-18,20H2,1-2H3. The van der Waals surface area contributed by atoms with Crippen molar-refractivity contribution in [2.24, 2.45) is 0 Å². The normalized spacial score (nSPS) is 15.8. The van der Waals surface area contributed by atoms with E-state index in [-0.39, 0.29) is 6.04 Å². The summed E-state index contributed by atoms with van der Waals surface area (Å²) in [6, 6.07) is 25.7. The highest BCUT2D eigenvalue weighted by atomic mass is 16.5. The van der Waals surface area contributed by atoms with Crippen molar-refractivity contribution in [1.29, 1.82) is 0 Å². The molecule has 1 aliphatic rings. The molecule has 1 atom stereocenters. The molecule has 1 saturated heterocycles. The number of ether oxygens (including phenoxy) is 2. The molecule has 1 heterocycles. The topological polar surface area (TPSA) is 33.7 Å². The molecule has 1 aliphatic heterocycles. The second kappa shape index (κ2) is 10.5. The lowest BCUT2D eigenvalue weighted by molar-refractivity contribution is 0.239. The molecule has 0 radical (unpaired) electrons. The zero-order chi connectivity index (χ0) is 21.5. The van der Waals surface area contributed by atoms with Crippen LogP contribution in [0.25, 0.3) is 0 Å². The van der Waals surface area contributed by atoms with Crippen LogP contribution in [0.15, 0.2) is 72.8 Å². The quantitative estimate of drug-likeness (QED) is 0.590. The van der Waals surface area contributed by atoms with Crippen LogP contribution >= 0.6 is 0 Å². The van der Waals surface area contributed by atoms with Gasteiger partial charge in [-0.2, -0.15) is 0 Å². The number of hydrogen-bond acceptors (Lipinski definition) is 4. The molecule has 1 unspecified atom stereocenters. The first kappa shape index (κ1) is 21.4. The van der Waals surface area contributed by atoms with Crippen molar-refractivity contribution < 1.29 is 9.47 Å². The molecule has 0 amide bonds. The SMILES string of the molecule is COc1cc(C(c2ccc(C)cc2)N2CCCNCC2)ccc1OCc1ccccc1. The van der Waals surface area contributed by atoms with Crippen LogP contribution in [0.1, 0.15) is 34.7 Å². The molecule has 1 fully saturated rings. The first-order valence-electron chi connectivity index (χ1n) is 11.1. The van der Waals surface area contributed by atoms with Gasteiger partial charge in [-0.1, -0.05) is 66.2 Å². The molecule has 0 spiro atoms. The summed E-state index contributed by atoms with van der Waals surface area (Å²) in [6.45, 7) is 6.84. The van der Waals surface area contributed by atoms with Gasteiger partial charge in [0, 0.05) is 19.6 Å². The molecule has 31 heavy (non-hydrogen) atoms. The number of nitrogens with one attached hydrogen (secondary N) is 1. The van der Waals surface area contributed by atoms with Crippen LogP contribution in [0.5, 0.6) is 11.5 Å². The lowest BCUT2D eigenvalue weighted by atomic mass is 9.95. The first-order chi connectivity index (χ1) is 15.2. The predicted octanol–water partition coefficient (Wildman–Crippen LogP) is 4.97. The fourth-order valence-electron chi connectivity index (χ4n) is 4.20. The molecule has 3 aromatic carbocycles. The number of benzene rings is 3. The fourth-order valence-corrected chi connectivity index (χ4v) is 4.20. The summed E-state index contributed by atoms with van der Waals surface area (Å²) in [7, 11) is 1.71. The van der Waals surface area contributed by atoms with Crippen LogP contribution in [0.4, 0.5) is 0 Å². The van der Waals surface area contributed by atoms with E-state index in [1.807, 2.05) is 24.3 Å². The van der Waals surface area contributed by atoms with E-state index in [4.69, 9.17) is 9.47 Å². The Morgan fingerprint density at radius 2 is 1.65 bits per heavy atom. The lowest BCUT2D eigenvalue weighted by Gasteiger charge is -2.32. The van der Waals surface area contributed by atoms with Gasteiger partial charge in [0.05, 0.1) is 13.2 Å². The molecule has 0 aliphatic carbocycles. The third-order valence-corrected chi connectivity index (χ3v) is 5.87. The number of nitrogens with zero attached hydrogens (tertiary/aromatic N) is 1. The van der Waals surface area contributed by atoms with Gasteiger partial charge in [0.1, 0.15) is 6.61 Å². The summed E-state index contributed by atoms with van der Waals surface area (Å²) >= 11 is 0. The molecule has 0 saturated carbocycles. The number of aryl methyl sites for hydroxylation is 1. The Hall–Kier alpha value is -2.82. The van der Waals surface area contributed by atoms with E-state index in [0.717, 1.165) is 49.7 Å². The second-order valence-corrected chi connectivity index (χ2v) is 8.14. The van der Waals surface area contributed by atoms with Crippen molar-refractivity contribution in [3.63, 3.8) is 0 Å². The monoisotopic (exact) mass is 416 g/mol. The van der Waals surface area contributed by atoms with Crippen LogP contribution < -0.4 is 14.8 Å². The van der Waals surface area contributed by atoms with E-state index < -0.39 is 0 Å². The first-order valence-corrected chi connectivity index (χ1v) is 11.1. The minimum absolute atomic E-state index is 0.192. The number of rotatable bonds is 7. The maximum Gasteiger partial charge on any atom is 0.161 e. The maximum absolute atomic E-state index is 6.09. The zero-order valence-electron chi connectivity index (χ0n) is 18.5. The molecular weight excluding hydrogens is 384 g/mol. The predicted molar refractivity (Wildman–Crippen MR) is 126 cm³/mol. The van der Waals surface area contributed by atoms with E-state index >= 15 is 0 Å². The van der Waals surface area contributed by atoms with Crippen molar-refractivity contribution in [3.05, 3.63) is 95.1 Å². The minimum Gasteiger partial charge on any atom is -0.493 e. The molecule has 162 valence electrons. The van der Waals surface area contributed by atoms with Crippen LogP contribution in [0.2, 0.25) is 0 Å². The third kappa shape index (κ3) is 5.46. The van der Waals surface area contributed by atoms with Crippen molar-refractivity contribution in [2.45, 2.75) is 26.0 Å². The smallest absolute Gasteiger partial charge is 0.161 e. The van der Waals surface area contributed by atoms with Gasteiger partial charge < -0.3 is 14.8 Å². The van der Waals surface area contributed by atoms with Gasteiger partial charge in [-0.3, -0.25) is 4.90 Å². The van der Waals surface area contributed by atoms with Crippen molar-refractivity contribution >= 4 is 0 Å². The average molecular weight is 417 g/mol. The Morgan fingerprint density at radius 1 is 0.871 bits per heavy atom. The molecule has 4 nitrogen and oxygen atoms in total. The molecule has 0 bridgehead atoms. The average Bonchev–Trinajstić information content (AvgIpc) is 3.09. The van der Waals surface area contributed by atoms with Gasteiger partial charge in [0.2, 0.25) is 0 Å². The summed E-state index contributed by atoms with van der Waals surface area (Å²) in [6.07, 6.45) is 1.15. The lowest BCUT2D eigenvalue weighted by Crippen LogP contribution is -2.33. The van der Waals surface area contributed by atoms with Gasteiger partial charge in [0.15, 0.2) is 11.5 Å². The molecule has 4 heteroatoms. The highest BCUT2D eigenvalue weighted by Crippen LogP contribution is 2.36. The number of hydrogen-bond donors (Lipinski definition) is 1. The Labute approximate surface area is 185 Å². The Bertz CT molecular complexity index is 949. The Kier molecular flexibility index (Phi) is 7.23. The minimum atomic E-state index is 0.192. The van der Waals surface area contributed by atoms with Gasteiger partial charge >= 0.3 is 0 Å². The second-order valence-electron chi connectivity index (χ2n) is 8.14. The molecule has 4 rings (SSSR count). The van der Waals surface area contributed by atoms with Crippen LogP contribution in [0, 0.1) is 6.92 Å². The summed E-state index contributed by atoms with van der Waals surface area (Å²) in [5.41, 5.74) is 4.97. The van der Waals surface area contributed by atoms with Crippen LogP contribution in [-0.2, 0) is 6.61 Å². The van der Waals surface area contributed by atoms with E-state index in [1.54, 1.807) is 7.11 Å². The fraction of sp³-hybridized carbons (Fsp3) is 0.333. The molecule has 0 aromatic heterocycles. The molecular formula is C27H32N2O2. The molecule has 3 aromatic rings. The van der Waals surface area contributed by atoms with Crippen LogP contribution in [-0.4, -0.2) is 38.2 Å². The van der Waals surface area contributed by atoms with E-state index in [0.29, 0.717) is 6.61 Å². The molecule has 1 N–H and O–H groups in total. The summed E-state index contributed by atoms with van der Waals surface area (Å²) in [4.78, 5) is 2.57. The number of methoxy groups -OCH3 is 1. The van der Waals surface area contributed by atoms with Crippen molar-refractivity contribution in [3.8, 4) is 11.5 Å². The highest BCUT2D eigenvalue weighted by molar-refractivity contribution is 5.46. The third-order valence-electron chi connectivity index (χ3n) is 5.87.